The van der Waals surface area contributed by atoms with Gasteiger partial charge in [-0.25, -0.2) is 4.98 Å². The third-order valence-corrected chi connectivity index (χ3v) is 5.42. The number of nitrogens with zero attached hydrogens (tertiary/aromatic N) is 2. The molecule has 1 heterocycles. The van der Waals surface area contributed by atoms with Crippen molar-refractivity contribution >= 4 is 41.3 Å². The molecule has 0 radical (unpaired) electrons. The minimum absolute atomic E-state index is 0. The number of rotatable bonds is 7. The van der Waals surface area contributed by atoms with Gasteiger partial charge >= 0.3 is 0 Å². The number of ether oxygens (including phenoxy) is 1. The van der Waals surface area contributed by atoms with Crippen molar-refractivity contribution in [2.45, 2.75) is 58.2 Å². The van der Waals surface area contributed by atoms with E-state index in [9.17, 15) is 0 Å². The maximum absolute atomic E-state index is 6.09. The zero-order valence-corrected chi connectivity index (χ0v) is 19.3. The maximum Gasteiger partial charge on any atom is 0.191 e. The van der Waals surface area contributed by atoms with Crippen molar-refractivity contribution in [2.75, 3.05) is 7.05 Å². The third-order valence-electron chi connectivity index (χ3n) is 4.56. The monoisotopic (exact) mass is 500 g/mol. The second-order valence-corrected chi connectivity index (χ2v) is 7.82. The van der Waals surface area contributed by atoms with E-state index in [1.807, 2.05) is 12.1 Å². The molecule has 0 unspecified atom stereocenters. The van der Waals surface area contributed by atoms with Crippen LogP contribution < -0.4 is 15.4 Å². The van der Waals surface area contributed by atoms with Crippen LogP contribution in [0.25, 0.3) is 0 Å². The van der Waals surface area contributed by atoms with Gasteiger partial charge in [0.05, 0.1) is 18.3 Å². The van der Waals surface area contributed by atoms with E-state index in [4.69, 9.17) is 4.74 Å². The van der Waals surface area contributed by atoms with Gasteiger partial charge in [0.15, 0.2) is 5.96 Å². The van der Waals surface area contributed by atoms with Gasteiger partial charge in [0.2, 0.25) is 0 Å². The van der Waals surface area contributed by atoms with Crippen molar-refractivity contribution < 1.29 is 4.74 Å². The molecule has 0 bridgehead atoms. The highest BCUT2D eigenvalue weighted by Gasteiger charge is 2.20. The summed E-state index contributed by atoms with van der Waals surface area (Å²) in [5, 5.41) is 9.91. The molecule has 0 amide bonds. The second-order valence-electron chi connectivity index (χ2n) is 6.88. The average molecular weight is 500 g/mol. The van der Waals surface area contributed by atoms with Gasteiger partial charge in [-0.1, -0.05) is 32.0 Å². The van der Waals surface area contributed by atoms with Crippen LogP contribution in [0, 0.1) is 0 Å². The molecule has 0 spiro atoms. The fourth-order valence-electron chi connectivity index (χ4n) is 2.66. The lowest BCUT2D eigenvalue weighted by molar-refractivity contribution is 0.119. The number of nitrogens with one attached hydrogen (secondary N) is 2. The number of thiazole rings is 1. The Kier molecular flexibility index (Phi) is 8.82. The van der Waals surface area contributed by atoms with E-state index < -0.39 is 0 Å². The molecule has 7 heteroatoms. The van der Waals surface area contributed by atoms with Gasteiger partial charge in [-0.3, -0.25) is 4.99 Å². The van der Waals surface area contributed by atoms with Gasteiger partial charge in [-0.05, 0) is 31.2 Å². The molecule has 0 saturated heterocycles. The quantitative estimate of drug-likeness (QED) is 0.329. The minimum atomic E-state index is 0. The van der Waals surface area contributed by atoms with E-state index in [0.29, 0.717) is 25.1 Å². The topological polar surface area (TPSA) is 58.5 Å². The van der Waals surface area contributed by atoms with Crippen molar-refractivity contribution in [3.8, 4) is 5.75 Å². The highest BCUT2D eigenvalue weighted by atomic mass is 127. The van der Waals surface area contributed by atoms with Crippen LogP contribution in [0.2, 0.25) is 0 Å². The number of benzene rings is 1. The summed E-state index contributed by atoms with van der Waals surface area (Å²) >= 11 is 1.69. The molecule has 0 atom stereocenters. The SMILES string of the molecule is CN=C(NCc1nc(C(C)C)cs1)NCc1ccccc1OC1CCC1.I. The van der Waals surface area contributed by atoms with E-state index in [0.717, 1.165) is 40.8 Å². The van der Waals surface area contributed by atoms with Crippen LogP contribution >= 0.6 is 35.3 Å². The zero-order valence-electron chi connectivity index (χ0n) is 16.2. The Morgan fingerprint density at radius 3 is 2.63 bits per heavy atom. The lowest BCUT2D eigenvalue weighted by Crippen LogP contribution is -2.36. The fraction of sp³-hybridized carbons (Fsp3) is 0.500. The number of aromatic nitrogens is 1. The summed E-state index contributed by atoms with van der Waals surface area (Å²) in [5.41, 5.74) is 2.30. The summed E-state index contributed by atoms with van der Waals surface area (Å²) in [4.78, 5) is 8.96. The molecule has 5 nitrogen and oxygen atoms in total. The van der Waals surface area contributed by atoms with E-state index >= 15 is 0 Å². The van der Waals surface area contributed by atoms with Gasteiger partial charge < -0.3 is 15.4 Å². The first-order valence-electron chi connectivity index (χ1n) is 9.29. The molecule has 1 aromatic carbocycles. The summed E-state index contributed by atoms with van der Waals surface area (Å²) in [7, 11) is 1.79. The van der Waals surface area contributed by atoms with Crippen LogP contribution in [-0.2, 0) is 13.1 Å². The van der Waals surface area contributed by atoms with E-state index in [-0.39, 0.29) is 24.0 Å². The first kappa shape index (κ1) is 21.9. The van der Waals surface area contributed by atoms with Gasteiger partial charge in [0.25, 0.3) is 0 Å². The number of guanidine groups is 1. The van der Waals surface area contributed by atoms with Gasteiger partial charge in [-0.15, -0.1) is 35.3 Å². The van der Waals surface area contributed by atoms with Crippen LogP contribution in [-0.4, -0.2) is 24.1 Å². The van der Waals surface area contributed by atoms with Crippen LogP contribution in [0.1, 0.15) is 55.3 Å². The predicted octanol–water partition coefficient (Wildman–Crippen LogP) is 4.68. The largest absolute Gasteiger partial charge is 0.490 e. The predicted molar refractivity (Wildman–Crippen MR) is 123 cm³/mol. The Bertz CT molecular complexity index is 743. The number of halogens is 1. The maximum atomic E-state index is 6.09. The third kappa shape index (κ3) is 6.34. The average Bonchev–Trinajstić information content (AvgIpc) is 3.08. The molecule has 0 aliphatic heterocycles. The van der Waals surface area contributed by atoms with Crippen LogP contribution in [0.15, 0.2) is 34.6 Å². The lowest BCUT2D eigenvalue weighted by atomic mass is 9.96. The van der Waals surface area contributed by atoms with E-state index in [2.05, 4.69) is 52.0 Å². The molecule has 148 valence electrons. The van der Waals surface area contributed by atoms with Crippen molar-refractivity contribution in [1.82, 2.24) is 15.6 Å². The van der Waals surface area contributed by atoms with Crippen LogP contribution in [0.5, 0.6) is 5.75 Å². The molecule has 1 aromatic heterocycles. The number of aliphatic imine (C=N–C) groups is 1. The molecule has 2 aromatic rings. The van der Waals surface area contributed by atoms with Crippen molar-refractivity contribution in [1.29, 1.82) is 0 Å². The molecule has 1 fully saturated rings. The fourth-order valence-corrected chi connectivity index (χ4v) is 3.56. The summed E-state index contributed by atoms with van der Waals surface area (Å²) in [5.74, 6) is 2.20. The minimum Gasteiger partial charge on any atom is -0.490 e. The molecule has 27 heavy (non-hydrogen) atoms. The smallest absolute Gasteiger partial charge is 0.191 e. The number of hydrogen-bond donors (Lipinski definition) is 2. The second kappa shape index (κ2) is 10.8. The number of hydrogen-bond acceptors (Lipinski definition) is 4. The Balaban J connectivity index is 0.00000261. The Morgan fingerprint density at radius 2 is 2.00 bits per heavy atom. The van der Waals surface area contributed by atoms with Crippen molar-refractivity contribution in [2.24, 2.45) is 4.99 Å². The zero-order chi connectivity index (χ0) is 18.4. The van der Waals surface area contributed by atoms with Crippen LogP contribution in [0.3, 0.4) is 0 Å². The molecular weight excluding hydrogens is 471 g/mol. The van der Waals surface area contributed by atoms with Gasteiger partial charge in [-0.2, -0.15) is 0 Å². The first-order valence-corrected chi connectivity index (χ1v) is 10.2. The summed E-state index contributed by atoms with van der Waals surface area (Å²) in [6.07, 6.45) is 3.99. The molecule has 3 rings (SSSR count). The highest BCUT2D eigenvalue weighted by molar-refractivity contribution is 14.0. The Labute approximate surface area is 183 Å². The van der Waals surface area contributed by atoms with Crippen molar-refractivity contribution in [3.05, 3.63) is 45.9 Å². The van der Waals surface area contributed by atoms with E-state index in [1.165, 1.54) is 6.42 Å². The summed E-state index contributed by atoms with van der Waals surface area (Å²) < 4.78 is 6.09. The molecule has 1 saturated carbocycles. The van der Waals surface area contributed by atoms with E-state index in [1.54, 1.807) is 18.4 Å². The molecular formula is C20H29IN4OS. The number of para-hydroxylation sites is 1. The Morgan fingerprint density at radius 1 is 1.26 bits per heavy atom. The molecule has 2 N–H and O–H groups in total. The Hall–Kier alpha value is -1.35. The van der Waals surface area contributed by atoms with Gasteiger partial charge in [0, 0.05) is 24.5 Å². The normalized spacial score (nSPS) is 14.4. The molecule has 1 aliphatic carbocycles. The summed E-state index contributed by atoms with van der Waals surface area (Å²) in [6, 6.07) is 8.22. The highest BCUT2D eigenvalue weighted by Crippen LogP contribution is 2.27. The summed E-state index contributed by atoms with van der Waals surface area (Å²) in [6.45, 7) is 5.68. The first-order chi connectivity index (χ1) is 12.7. The van der Waals surface area contributed by atoms with Crippen LogP contribution in [0.4, 0.5) is 0 Å². The lowest BCUT2D eigenvalue weighted by Gasteiger charge is -2.27. The van der Waals surface area contributed by atoms with Gasteiger partial charge in [0.1, 0.15) is 10.8 Å². The standard InChI is InChI=1S/C20H28N4OS.HI/c1-14(2)17-13-26-19(24-17)12-23-20(21-3)22-11-15-7-4-5-10-18(15)25-16-8-6-9-16;/h4-5,7,10,13-14,16H,6,8-9,11-12H2,1-3H3,(H2,21,22,23);1H. The molecule has 1 aliphatic rings. The van der Waals surface area contributed by atoms with Crippen molar-refractivity contribution in [3.63, 3.8) is 0 Å².